The van der Waals surface area contributed by atoms with Gasteiger partial charge in [0, 0.05) is 18.4 Å². The lowest BCUT2D eigenvalue weighted by Crippen LogP contribution is -2.32. The van der Waals surface area contributed by atoms with Gasteiger partial charge in [-0.3, -0.25) is 0 Å². The minimum absolute atomic E-state index is 0.142. The van der Waals surface area contributed by atoms with Crippen LogP contribution in [0.4, 0.5) is 0 Å². The van der Waals surface area contributed by atoms with Crippen LogP contribution in [0.2, 0.25) is 0 Å². The second-order valence-electron chi connectivity index (χ2n) is 5.21. The number of nitrogens with zero attached hydrogens (tertiary/aromatic N) is 1. The maximum absolute atomic E-state index is 9.53. The van der Waals surface area contributed by atoms with Gasteiger partial charge in [0.15, 0.2) is 0 Å². The normalized spacial score (nSPS) is 27.2. The van der Waals surface area contributed by atoms with Crippen molar-refractivity contribution in [2.45, 2.75) is 33.3 Å². The van der Waals surface area contributed by atoms with E-state index in [-0.39, 0.29) is 6.10 Å². The summed E-state index contributed by atoms with van der Waals surface area (Å²) >= 11 is 3.59. The van der Waals surface area contributed by atoms with Crippen LogP contribution in [-0.4, -0.2) is 41.1 Å². The Labute approximate surface area is 102 Å². The Morgan fingerprint density at radius 1 is 1.40 bits per heavy atom. The molecule has 0 spiro atoms. The molecular formula is C12H24BrNO. The highest BCUT2D eigenvalue weighted by atomic mass is 79.9. The van der Waals surface area contributed by atoms with Crippen molar-refractivity contribution in [2.24, 2.45) is 17.8 Å². The first kappa shape index (κ1) is 13.5. The lowest BCUT2D eigenvalue weighted by Gasteiger charge is -2.25. The monoisotopic (exact) mass is 277 g/mol. The molecule has 3 unspecified atom stereocenters. The van der Waals surface area contributed by atoms with Crippen molar-refractivity contribution < 1.29 is 5.11 Å². The SMILES string of the molecule is CC(C)C(CBr)CN1CCC(C(C)O)C1. The largest absolute Gasteiger partial charge is 0.393 e. The van der Waals surface area contributed by atoms with Crippen LogP contribution in [0.1, 0.15) is 27.2 Å². The van der Waals surface area contributed by atoms with E-state index in [0.29, 0.717) is 5.92 Å². The minimum Gasteiger partial charge on any atom is -0.393 e. The lowest BCUT2D eigenvalue weighted by molar-refractivity contribution is 0.125. The van der Waals surface area contributed by atoms with Gasteiger partial charge in [0.2, 0.25) is 0 Å². The third-order valence-electron chi connectivity index (χ3n) is 3.62. The summed E-state index contributed by atoms with van der Waals surface area (Å²) in [6.07, 6.45) is 1.02. The van der Waals surface area contributed by atoms with E-state index in [4.69, 9.17) is 0 Å². The summed E-state index contributed by atoms with van der Waals surface area (Å²) in [5, 5.41) is 10.6. The van der Waals surface area contributed by atoms with Gasteiger partial charge in [-0.25, -0.2) is 0 Å². The van der Waals surface area contributed by atoms with Gasteiger partial charge >= 0.3 is 0 Å². The first-order chi connectivity index (χ1) is 7.04. The van der Waals surface area contributed by atoms with Crippen LogP contribution in [-0.2, 0) is 0 Å². The van der Waals surface area contributed by atoms with Crippen molar-refractivity contribution >= 4 is 15.9 Å². The number of likely N-dealkylation sites (tertiary alicyclic amines) is 1. The molecule has 1 fully saturated rings. The zero-order chi connectivity index (χ0) is 11.4. The maximum atomic E-state index is 9.53. The molecule has 1 saturated heterocycles. The number of aliphatic hydroxyl groups is 1. The van der Waals surface area contributed by atoms with E-state index in [1.54, 1.807) is 0 Å². The predicted octanol–water partition coefficient (Wildman–Crippen LogP) is 2.36. The number of hydrogen-bond donors (Lipinski definition) is 1. The molecule has 15 heavy (non-hydrogen) atoms. The molecule has 3 atom stereocenters. The van der Waals surface area contributed by atoms with Crippen LogP contribution >= 0.6 is 15.9 Å². The van der Waals surface area contributed by atoms with Gasteiger partial charge in [0.05, 0.1) is 6.10 Å². The molecule has 90 valence electrons. The first-order valence-corrected chi connectivity index (χ1v) is 7.13. The Morgan fingerprint density at radius 3 is 2.47 bits per heavy atom. The summed E-state index contributed by atoms with van der Waals surface area (Å²) in [6, 6.07) is 0. The Kier molecular flexibility index (Phi) is 5.58. The number of rotatable bonds is 5. The molecule has 0 aliphatic carbocycles. The topological polar surface area (TPSA) is 23.5 Å². The second kappa shape index (κ2) is 6.21. The van der Waals surface area contributed by atoms with Gasteiger partial charge in [-0.05, 0) is 37.6 Å². The van der Waals surface area contributed by atoms with Gasteiger partial charge in [-0.1, -0.05) is 29.8 Å². The number of hydrogen-bond acceptors (Lipinski definition) is 2. The molecule has 1 N–H and O–H groups in total. The molecule has 2 nitrogen and oxygen atoms in total. The summed E-state index contributed by atoms with van der Waals surface area (Å²) in [5.41, 5.74) is 0. The fourth-order valence-electron chi connectivity index (χ4n) is 2.19. The molecule has 1 heterocycles. The van der Waals surface area contributed by atoms with E-state index in [1.165, 1.54) is 6.54 Å². The van der Waals surface area contributed by atoms with Gasteiger partial charge in [-0.2, -0.15) is 0 Å². The fraction of sp³-hybridized carbons (Fsp3) is 1.00. The third kappa shape index (κ3) is 4.04. The van der Waals surface area contributed by atoms with E-state index < -0.39 is 0 Å². The van der Waals surface area contributed by atoms with Gasteiger partial charge < -0.3 is 10.0 Å². The molecule has 0 aromatic rings. The average molecular weight is 278 g/mol. The van der Waals surface area contributed by atoms with Gasteiger partial charge in [0.1, 0.15) is 0 Å². The fourth-order valence-corrected chi connectivity index (χ4v) is 3.14. The van der Waals surface area contributed by atoms with Crippen LogP contribution in [0.5, 0.6) is 0 Å². The summed E-state index contributed by atoms with van der Waals surface area (Å²) < 4.78 is 0. The summed E-state index contributed by atoms with van der Waals surface area (Å²) in [4.78, 5) is 2.50. The van der Waals surface area contributed by atoms with E-state index >= 15 is 0 Å². The van der Waals surface area contributed by atoms with Crippen molar-refractivity contribution in [2.75, 3.05) is 25.0 Å². The van der Waals surface area contributed by atoms with Crippen LogP contribution in [0.3, 0.4) is 0 Å². The van der Waals surface area contributed by atoms with E-state index in [9.17, 15) is 5.11 Å². The maximum Gasteiger partial charge on any atom is 0.0552 e. The molecule has 0 bridgehead atoms. The number of aliphatic hydroxyl groups excluding tert-OH is 1. The molecular weight excluding hydrogens is 254 g/mol. The Hall–Kier alpha value is 0.400. The van der Waals surface area contributed by atoms with Crippen molar-refractivity contribution in [1.29, 1.82) is 0 Å². The quantitative estimate of drug-likeness (QED) is 0.780. The Balaban J connectivity index is 2.34. The average Bonchev–Trinajstić information content (AvgIpc) is 2.61. The van der Waals surface area contributed by atoms with Crippen molar-refractivity contribution in [3.63, 3.8) is 0 Å². The highest BCUT2D eigenvalue weighted by Crippen LogP contribution is 2.23. The molecule has 3 heteroatoms. The van der Waals surface area contributed by atoms with Crippen LogP contribution < -0.4 is 0 Å². The van der Waals surface area contributed by atoms with E-state index in [2.05, 4.69) is 34.7 Å². The number of halogens is 1. The van der Waals surface area contributed by atoms with Crippen LogP contribution in [0, 0.1) is 17.8 Å². The summed E-state index contributed by atoms with van der Waals surface area (Å²) in [6.45, 7) is 9.90. The molecule has 1 aliphatic rings. The molecule has 0 aromatic carbocycles. The predicted molar refractivity (Wildman–Crippen MR) is 68.3 cm³/mol. The second-order valence-corrected chi connectivity index (χ2v) is 5.85. The Bertz CT molecular complexity index is 184. The Morgan fingerprint density at radius 2 is 2.07 bits per heavy atom. The molecule has 0 aromatic heterocycles. The van der Waals surface area contributed by atoms with E-state index in [0.717, 1.165) is 36.7 Å². The standard InChI is InChI=1S/C12H24BrNO/c1-9(2)12(6-13)8-14-5-4-11(7-14)10(3)15/h9-12,15H,4-8H2,1-3H3. The van der Waals surface area contributed by atoms with E-state index in [1.807, 2.05) is 6.92 Å². The third-order valence-corrected chi connectivity index (χ3v) is 4.46. The smallest absolute Gasteiger partial charge is 0.0552 e. The summed E-state index contributed by atoms with van der Waals surface area (Å²) in [5.74, 6) is 1.96. The molecule has 1 rings (SSSR count). The molecule has 0 amide bonds. The molecule has 0 radical (unpaired) electrons. The lowest BCUT2D eigenvalue weighted by atomic mass is 9.97. The van der Waals surface area contributed by atoms with Crippen molar-refractivity contribution in [3.05, 3.63) is 0 Å². The summed E-state index contributed by atoms with van der Waals surface area (Å²) in [7, 11) is 0. The van der Waals surface area contributed by atoms with Crippen LogP contribution in [0.25, 0.3) is 0 Å². The molecule has 0 saturated carbocycles. The van der Waals surface area contributed by atoms with Gasteiger partial charge in [-0.15, -0.1) is 0 Å². The molecule has 1 aliphatic heterocycles. The zero-order valence-corrected chi connectivity index (χ0v) is 11.7. The minimum atomic E-state index is -0.142. The first-order valence-electron chi connectivity index (χ1n) is 6.01. The number of alkyl halides is 1. The zero-order valence-electron chi connectivity index (χ0n) is 10.1. The highest BCUT2D eigenvalue weighted by molar-refractivity contribution is 9.09. The van der Waals surface area contributed by atoms with Crippen molar-refractivity contribution in [1.82, 2.24) is 4.90 Å². The van der Waals surface area contributed by atoms with Crippen LogP contribution in [0.15, 0.2) is 0 Å². The highest BCUT2D eigenvalue weighted by Gasteiger charge is 2.27. The van der Waals surface area contributed by atoms with Gasteiger partial charge in [0.25, 0.3) is 0 Å². The van der Waals surface area contributed by atoms with Crippen molar-refractivity contribution in [3.8, 4) is 0 Å².